The largest absolute Gasteiger partial charge is 0.532 e. The highest BCUT2D eigenvalue weighted by Crippen LogP contribution is 2.36. The highest BCUT2D eigenvalue weighted by Gasteiger charge is 2.53. The third-order valence-electron chi connectivity index (χ3n) is 3.59. The van der Waals surface area contributed by atoms with E-state index in [9.17, 15) is 0 Å². The number of hydrogen-bond acceptors (Lipinski definition) is 5. The number of nitrogens with zero attached hydrogens (tertiary/aromatic N) is 1. The molecule has 0 bridgehead atoms. The first-order chi connectivity index (χ1) is 13.2. The van der Waals surface area contributed by atoms with Crippen molar-refractivity contribution in [1.29, 1.82) is 0 Å². The van der Waals surface area contributed by atoms with Crippen molar-refractivity contribution in [2.75, 3.05) is 31.0 Å². The van der Waals surface area contributed by atoms with Crippen LogP contribution in [0.2, 0.25) is 0 Å². The second-order valence-electron chi connectivity index (χ2n) is 5.47. The van der Waals surface area contributed by atoms with Gasteiger partial charge in [-0.25, -0.2) is 0 Å². The summed E-state index contributed by atoms with van der Waals surface area (Å²) in [6.07, 6.45) is 0. The summed E-state index contributed by atoms with van der Waals surface area (Å²) in [4.78, 5) is 0.0264. The lowest BCUT2D eigenvalue weighted by Crippen LogP contribution is -2.41. The molecule has 2 aliphatic heterocycles. The first-order valence-electron chi connectivity index (χ1n) is 11.2. The van der Waals surface area contributed by atoms with Crippen LogP contribution in [0.5, 0.6) is 0 Å². The molecule has 0 atom stereocenters. The van der Waals surface area contributed by atoms with Gasteiger partial charge in [0.15, 0.2) is 5.88 Å². The minimum atomic E-state index is -3.31. The number of morpholine rings is 1. The Morgan fingerprint density at radius 3 is 2.35 bits per heavy atom. The molecule has 0 aliphatic carbocycles. The molecular weight excluding hydrogens is 257 g/mol. The minimum Gasteiger partial charge on any atom is -0.449 e. The van der Waals surface area contributed by atoms with E-state index in [1.165, 1.54) is 0 Å². The van der Waals surface area contributed by atoms with Gasteiger partial charge < -0.3 is 23.4 Å². The first kappa shape index (κ1) is 6.42. The van der Waals surface area contributed by atoms with Crippen molar-refractivity contribution in [2.45, 2.75) is 38.9 Å². The molecule has 0 N–H and O–H groups in total. The number of rotatable bonds is 2. The van der Waals surface area contributed by atoms with Gasteiger partial charge in [-0.15, -0.1) is 0 Å². The zero-order valence-electron chi connectivity index (χ0n) is 21.7. The fourth-order valence-corrected chi connectivity index (χ4v) is 1.72. The summed E-state index contributed by atoms with van der Waals surface area (Å²) in [5.74, 6) is -0.879. The smallest absolute Gasteiger partial charge is 0.449 e. The van der Waals surface area contributed by atoms with Gasteiger partial charge in [-0.1, -0.05) is 0 Å². The zero-order valence-corrected chi connectivity index (χ0v) is 11.7. The predicted molar refractivity (Wildman–Crippen MR) is 77.5 cm³/mol. The SMILES string of the molecule is [2H]c1c(B2OC(C)(C)C(C)(C)O2)oc(N2C([2H])([2H])C([2H])([2H])OC([2H])([2H])C2([2H])[2H])c1[2H]. The van der Waals surface area contributed by atoms with Crippen LogP contribution in [0.25, 0.3) is 0 Å². The average molecular weight is 289 g/mol. The molecule has 5 nitrogen and oxygen atoms in total. The first-order valence-corrected chi connectivity index (χ1v) is 6.16. The van der Waals surface area contributed by atoms with E-state index >= 15 is 0 Å². The molecular formula is C14H22BNO4. The van der Waals surface area contributed by atoms with Gasteiger partial charge in [0, 0.05) is 19.0 Å². The second-order valence-corrected chi connectivity index (χ2v) is 5.47. The third kappa shape index (κ3) is 2.36. The summed E-state index contributed by atoms with van der Waals surface area (Å²) in [5.41, 5.74) is -1.99. The topological polar surface area (TPSA) is 44.1 Å². The number of hydrogen-bond donors (Lipinski definition) is 0. The predicted octanol–water partition coefficient (Wildman–Crippen LogP) is 1.42. The van der Waals surface area contributed by atoms with Crippen LogP contribution in [0.3, 0.4) is 0 Å². The van der Waals surface area contributed by atoms with Gasteiger partial charge in [0.05, 0.1) is 38.0 Å². The van der Waals surface area contributed by atoms with E-state index in [0.29, 0.717) is 0 Å². The second kappa shape index (κ2) is 4.79. The summed E-state index contributed by atoms with van der Waals surface area (Å²) in [6, 6.07) is -1.36. The molecule has 0 amide bonds. The van der Waals surface area contributed by atoms with Crippen molar-refractivity contribution in [3.63, 3.8) is 0 Å². The van der Waals surface area contributed by atoms with Gasteiger partial charge >= 0.3 is 7.12 Å². The Bertz CT molecular complexity index is 829. The maximum absolute atomic E-state index is 8.18. The van der Waals surface area contributed by atoms with Gasteiger partial charge in [0.2, 0.25) is 0 Å². The zero-order chi connectivity index (χ0) is 23.3. The van der Waals surface area contributed by atoms with Crippen LogP contribution in [0.4, 0.5) is 5.88 Å². The van der Waals surface area contributed by atoms with E-state index in [0.717, 1.165) is 0 Å². The van der Waals surface area contributed by atoms with Crippen molar-refractivity contribution in [3.8, 4) is 0 Å². The van der Waals surface area contributed by atoms with Crippen LogP contribution in [-0.4, -0.2) is 44.4 Å². The lowest BCUT2D eigenvalue weighted by molar-refractivity contribution is 0.00578. The van der Waals surface area contributed by atoms with Crippen LogP contribution in [0, 0.1) is 0 Å². The Morgan fingerprint density at radius 1 is 1.15 bits per heavy atom. The lowest BCUT2D eigenvalue weighted by Gasteiger charge is -2.32. The van der Waals surface area contributed by atoms with Crippen molar-refractivity contribution in [1.82, 2.24) is 0 Å². The highest BCUT2D eigenvalue weighted by atomic mass is 16.7. The molecule has 20 heavy (non-hydrogen) atoms. The molecule has 2 aliphatic rings. The van der Waals surface area contributed by atoms with Crippen molar-refractivity contribution < 1.29 is 32.2 Å². The highest BCUT2D eigenvalue weighted by molar-refractivity contribution is 6.60. The average Bonchev–Trinajstić information content (AvgIpc) is 2.91. The fraction of sp³-hybridized carbons (Fsp3) is 0.714. The minimum absolute atomic E-state index is 0.0264. The quantitative estimate of drug-likeness (QED) is 0.770. The summed E-state index contributed by atoms with van der Waals surface area (Å²) in [7, 11) is -1.26. The maximum atomic E-state index is 8.18. The van der Waals surface area contributed by atoms with Gasteiger partial charge in [0.25, 0.3) is 0 Å². The van der Waals surface area contributed by atoms with Crippen LogP contribution in [-0.2, 0) is 14.0 Å². The molecule has 1 aromatic rings. The Morgan fingerprint density at radius 2 is 1.75 bits per heavy atom. The Kier molecular flexibility index (Phi) is 1.54. The Hall–Kier alpha value is -0.975. The van der Waals surface area contributed by atoms with Gasteiger partial charge in [-0.2, -0.15) is 0 Å². The van der Waals surface area contributed by atoms with Crippen molar-refractivity contribution >= 4 is 18.7 Å². The molecule has 0 aromatic carbocycles. The molecule has 2 saturated heterocycles. The maximum Gasteiger partial charge on any atom is 0.532 e. The summed E-state index contributed by atoms with van der Waals surface area (Å²) in [5, 5.41) is 0. The monoisotopic (exact) mass is 289 g/mol. The van der Waals surface area contributed by atoms with Gasteiger partial charge in [-0.05, 0) is 33.7 Å². The van der Waals surface area contributed by atoms with E-state index in [-0.39, 0.29) is 10.6 Å². The molecule has 0 unspecified atom stereocenters. The summed E-state index contributed by atoms with van der Waals surface area (Å²) < 4.78 is 101. The van der Waals surface area contributed by atoms with Crippen LogP contribution in [0.15, 0.2) is 16.5 Å². The molecule has 0 saturated carbocycles. The molecule has 6 heteroatoms. The normalized spacial score (nSPS) is 42.6. The molecule has 2 fully saturated rings. The van der Waals surface area contributed by atoms with E-state index < -0.39 is 62.4 Å². The lowest BCUT2D eigenvalue weighted by atomic mass is 9.86. The van der Waals surface area contributed by atoms with Crippen molar-refractivity contribution in [3.05, 3.63) is 12.1 Å². The van der Waals surface area contributed by atoms with E-state index in [1.54, 1.807) is 27.7 Å². The van der Waals surface area contributed by atoms with Crippen LogP contribution in [0.1, 0.15) is 41.4 Å². The van der Waals surface area contributed by atoms with Gasteiger partial charge in [0.1, 0.15) is 5.66 Å². The van der Waals surface area contributed by atoms with E-state index in [2.05, 4.69) is 4.74 Å². The third-order valence-corrected chi connectivity index (χ3v) is 3.59. The molecule has 3 rings (SSSR count). The van der Waals surface area contributed by atoms with E-state index in [1.807, 2.05) is 0 Å². The Labute approximate surface area is 134 Å². The van der Waals surface area contributed by atoms with E-state index in [4.69, 9.17) is 27.4 Å². The van der Waals surface area contributed by atoms with Gasteiger partial charge in [-0.3, -0.25) is 0 Å². The number of anilines is 1. The standard InChI is InChI=1S/C14H22BNO4/c1-13(2)14(3,4)20-15(19-13)11-5-6-12(18-11)16-7-9-17-10-8-16/h5-6H,7-10H2,1-4H3/i5D,6D,7D2,8D2,9D2,10D2. The molecule has 1 aromatic heterocycles. The Balaban J connectivity index is 2.15. The molecule has 0 radical (unpaired) electrons. The molecule has 0 spiro atoms. The number of ether oxygens (including phenoxy) is 1. The van der Waals surface area contributed by atoms with Crippen LogP contribution < -0.4 is 10.6 Å². The van der Waals surface area contributed by atoms with Crippen molar-refractivity contribution in [2.24, 2.45) is 0 Å². The molecule has 110 valence electrons. The summed E-state index contributed by atoms with van der Waals surface area (Å²) in [6.45, 7) is -6.25. The fourth-order valence-electron chi connectivity index (χ4n) is 1.72. The molecule has 3 heterocycles. The van der Waals surface area contributed by atoms with Crippen LogP contribution >= 0.6 is 0 Å². The summed E-state index contributed by atoms with van der Waals surface area (Å²) >= 11 is 0. The number of furan rings is 1.